The van der Waals surface area contributed by atoms with E-state index in [2.05, 4.69) is 9.97 Å². The number of hydrogen-bond acceptors (Lipinski definition) is 5. The van der Waals surface area contributed by atoms with Gasteiger partial charge in [-0.1, -0.05) is 18.2 Å². The van der Waals surface area contributed by atoms with E-state index in [-0.39, 0.29) is 22.7 Å². The second-order valence-corrected chi connectivity index (χ2v) is 5.03. The first-order valence-corrected chi connectivity index (χ1v) is 7.10. The number of benzene rings is 2. The van der Waals surface area contributed by atoms with Crippen molar-refractivity contribution in [2.45, 2.75) is 0 Å². The molecule has 0 unspecified atom stereocenters. The highest BCUT2D eigenvalue weighted by atomic mass is 16.5. The Morgan fingerprint density at radius 3 is 2.83 bits per heavy atom. The minimum atomic E-state index is -0.311. The summed E-state index contributed by atoms with van der Waals surface area (Å²) in [5.74, 6) is 0.475. The molecule has 24 heavy (non-hydrogen) atoms. The lowest BCUT2D eigenvalue weighted by atomic mass is 10.1. The molecule has 0 bridgehead atoms. The molecule has 0 radical (unpaired) electrons. The summed E-state index contributed by atoms with van der Waals surface area (Å²) in [6.45, 7) is 0. The molecule has 0 fully saturated rings. The summed E-state index contributed by atoms with van der Waals surface area (Å²) in [5.41, 5.74) is 0.965. The molecule has 118 valence electrons. The number of phenolic OH excluding ortho intramolecular Hbond substituents is 1. The zero-order valence-electron chi connectivity index (χ0n) is 12.8. The first kappa shape index (κ1) is 15.3. The van der Waals surface area contributed by atoms with E-state index < -0.39 is 0 Å². The number of ether oxygens (including phenoxy) is 1. The van der Waals surface area contributed by atoms with Gasteiger partial charge in [-0.05, 0) is 35.9 Å². The fourth-order valence-electron chi connectivity index (χ4n) is 2.33. The van der Waals surface area contributed by atoms with Gasteiger partial charge in [0.15, 0.2) is 17.3 Å². The largest absolute Gasteiger partial charge is 0.504 e. The smallest absolute Gasteiger partial charge is 0.259 e. The van der Waals surface area contributed by atoms with Crippen molar-refractivity contribution in [1.29, 1.82) is 5.26 Å². The molecule has 2 N–H and O–H groups in total. The second kappa shape index (κ2) is 6.26. The van der Waals surface area contributed by atoms with Gasteiger partial charge in [0, 0.05) is 0 Å². The number of H-pyrrole nitrogens is 1. The number of phenols is 1. The maximum atomic E-state index is 12.1. The van der Waals surface area contributed by atoms with Gasteiger partial charge in [0.1, 0.15) is 6.07 Å². The lowest BCUT2D eigenvalue weighted by Gasteiger charge is -2.05. The first-order valence-electron chi connectivity index (χ1n) is 7.10. The maximum absolute atomic E-state index is 12.1. The van der Waals surface area contributed by atoms with Crippen LogP contribution in [0.2, 0.25) is 0 Å². The number of nitrogens with zero attached hydrogens (tertiary/aromatic N) is 2. The van der Waals surface area contributed by atoms with Gasteiger partial charge in [0.25, 0.3) is 5.56 Å². The van der Waals surface area contributed by atoms with Gasteiger partial charge in [-0.2, -0.15) is 5.26 Å². The number of methoxy groups -OCH3 is 1. The third kappa shape index (κ3) is 2.83. The average Bonchev–Trinajstić information content (AvgIpc) is 2.59. The Hall–Kier alpha value is -3.59. The number of allylic oxidation sites excluding steroid dienone is 1. The van der Waals surface area contributed by atoms with Gasteiger partial charge < -0.3 is 14.8 Å². The summed E-state index contributed by atoms with van der Waals surface area (Å²) < 4.78 is 4.98. The monoisotopic (exact) mass is 319 g/mol. The van der Waals surface area contributed by atoms with Crippen molar-refractivity contribution in [2.75, 3.05) is 7.11 Å². The van der Waals surface area contributed by atoms with Crippen molar-refractivity contribution < 1.29 is 9.84 Å². The van der Waals surface area contributed by atoms with Crippen LogP contribution in [0.1, 0.15) is 11.4 Å². The van der Waals surface area contributed by atoms with Crippen LogP contribution in [0.4, 0.5) is 0 Å². The molecular formula is C18H13N3O3. The number of rotatable bonds is 3. The Morgan fingerprint density at radius 1 is 1.33 bits per heavy atom. The van der Waals surface area contributed by atoms with Crippen LogP contribution >= 0.6 is 0 Å². The highest BCUT2D eigenvalue weighted by molar-refractivity contribution is 5.89. The van der Waals surface area contributed by atoms with Gasteiger partial charge >= 0.3 is 0 Å². The van der Waals surface area contributed by atoms with Crippen molar-refractivity contribution in [3.63, 3.8) is 0 Å². The van der Waals surface area contributed by atoms with Crippen LogP contribution in [-0.2, 0) is 0 Å². The topological polar surface area (TPSA) is 99.0 Å². The molecule has 0 spiro atoms. The van der Waals surface area contributed by atoms with E-state index in [0.717, 1.165) is 0 Å². The van der Waals surface area contributed by atoms with Crippen molar-refractivity contribution >= 4 is 22.6 Å². The molecule has 6 nitrogen and oxygen atoms in total. The van der Waals surface area contributed by atoms with Crippen LogP contribution in [0.25, 0.3) is 22.6 Å². The number of para-hydroxylation sites is 1. The number of nitrogens with one attached hydrogen (secondary N) is 1. The number of fused-ring (bicyclic) bond motifs is 1. The van der Waals surface area contributed by atoms with E-state index in [1.165, 1.54) is 19.3 Å². The lowest BCUT2D eigenvalue weighted by molar-refractivity contribution is 0.373. The summed E-state index contributed by atoms with van der Waals surface area (Å²) in [5, 5.41) is 19.7. The molecule has 2 aromatic carbocycles. The van der Waals surface area contributed by atoms with Crippen LogP contribution in [0.5, 0.6) is 11.5 Å². The molecular weight excluding hydrogens is 306 g/mol. The third-order valence-corrected chi connectivity index (χ3v) is 3.50. The van der Waals surface area contributed by atoms with E-state index in [9.17, 15) is 15.2 Å². The molecule has 0 saturated carbocycles. The number of nitriles is 1. The van der Waals surface area contributed by atoms with E-state index >= 15 is 0 Å². The normalized spacial score (nSPS) is 11.2. The van der Waals surface area contributed by atoms with Crippen LogP contribution in [0.3, 0.4) is 0 Å². The van der Waals surface area contributed by atoms with Gasteiger partial charge in [0.2, 0.25) is 0 Å². The predicted octanol–water partition coefficient (Wildman–Crippen LogP) is 2.70. The molecule has 0 atom stereocenters. The Labute approximate surface area is 137 Å². The Kier molecular flexibility index (Phi) is 4.00. The number of aromatic amines is 1. The number of hydrogen-bond donors (Lipinski definition) is 2. The Morgan fingerprint density at radius 2 is 2.12 bits per heavy atom. The second-order valence-electron chi connectivity index (χ2n) is 5.03. The molecule has 0 saturated heterocycles. The zero-order chi connectivity index (χ0) is 17.1. The van der Waals surface area contributed by atoms with E-state index in [1.807, 2.05) is 6.07 Å². The summed E-state index contributed by atoms with van der Waals surface area (Å²) in [4.78, 5) is 19.1. The minimum absolute atomic E-state index is 0.0384. The molecule has 0 amide bonds. The fourth-order valence-corrected chi connectivity index (χ4v) is 2.33. The summed E-state index contributed by atoms with van der Waals surface area (Å²) >= 11 is 0. The number of aromatic nitrogens is 2. The first-order chi connectivity index (χ1) is 11.6. The molecule has 3 rings (SSSR count). The molecule has 6 heteroatoms. The van der Waals surface area contributed by atoms with Crippen molar-refractivity contribution in [2.24, 2.45) is 0 Å². The molecule has 3 aromatic rings. The summed E-state index contributed by atoms with van der Waals surface area (Å²) in [6.07, 6.45) is 1.53. The van der Waals surface area contributed by atoms with Gasteiger partial charge in [-0.15, -0.1) is 0 Å². The third-order valence-electron chi connectivity index (χ3n) is 3.50. The maximum Gasteiger partial charge on any atom is 0.259 e. The van der Waals surface area contributed by atoms with Crippen LogP contribution in [0, 0.1) is 11.3 Å². The van der Waals surface area contributed by atoms with Gasteiger partial charge in [-0.25, -0.2) is 4.98 Å². The SMILES string of the molecule is COc1ccc(/C=C(/C#N)c2nc3ccccc3c(=O)[nH]2)cc1O. The average molecular weight is 319 g/mol. The molecule has 0 aliphatic rings. The van der Waals surface area contributed by atoms with E-state index in [0.29, 0.717) is 22.2 Å². The van der Waals surface area contributed by atoms with E-state index in [1.54, 1.807) is 36.4 Å². The lowest BCUT2D eigenvalue weighted by Crippen LogP contribution is -2.11. The Balaban J connectivity index is 2.11. The summed E-state index contributed by atoms with van der Waals surface area (Å²) in [6, 6.07) is 13.7. The molecule has 1 heterocycles. The highest BCUT2D eigenvalue weighted by Gasteiger charge is 2.09. The zero-order valence-corrected chi connectivity index (χ0v) is 12.8. The fraction of sp³-hybridized carbons (Fsp3) is 0.0556. The van der Waals surface area contributed by atoms with Gasteiger partial charge in [0.05, 0.1) is 23.6 Å². The van der Waals surface area contributed by atoms with Crippen LogP contribution in [0.15, 0.2) is 47.3 Å². The van der Waals surface area contributed by atoms with Gasteiger partial charge in [-0.3, -0.25) is 4.79 Å². The predicted molar refractivity (Wildman–Crippen MR) is 90.5 cm³/mol. The Bertz CT molecular complexity index is 1050. The molecule has 0 aliphatic carbocycles. The highest BCUT2D eigenvalue weighted by Crippen LogP contribution is 2.27. The standard InChI is InChI=1S/C18H13N3O3/c1-24-16-7-6-11(9-15(16)22)8-12(10-19)17-20-14-5-3-2-4-13(14)18(23)21-17/h2-9,22H,1H3,(H,20,21,23)/b12-8-. The van der Waals surface area contributed by atoms with Crippen LogP contribution in [-0.4, -0.2) is 22.2 Å². The van der Waals surface area contributed by atoms with Crippen molar-refractivity contribution in [1.82, 2.24) is 9.97 Å². The van der Waals surface area contributed by atoms with Crippen LogP contribution < -0.4 is 10.3 Å². The summed E-state index contributed by atoms with van der Waals surface area (Å²) in [7, 11) is 1.45. The van der Waals surface area contributed by atoms with Crippen molar-refractivity contribution in [3.05, 3.63) is 64.2 Å². The number of aromatic hydroxyl groups is 1. The minimum Gasteiger partial charge on any atom is -0.504 e. The van der Waals surface area contributed by atoms with E-state index in [4.69, 9.17) is 4.74 Å². The van der Waals surface area contributed by atoms with Crippen molar-refractivity contribution in [3.8, 4) is 17.6 Å². The molecule has 1 aromatic heterocycles. The molecule has 0 aliphatic heterocycles. The quantitative estimate of drug-likeness (QED) is 0.723.